The number of nitrogens with zero attached hydrogens (tertiary/aromatic N) is 1. The molecule has 0 atom stereocenters. The molecule has 2 aromatic rings. The van der Waals surface area contributed by atoms with Gasteiger partial charge < -0.3 is 15.7 Å². The molecule has 0 spiro atoms. The Balaban J connectivity index is 2.02. The Morgan fingerprint density at radius 3 is 2.52 bits per heavy atom. The van der Waals surface area contributed by atoms with Crippen LogP contribution in [0.5, 0.6) is 5.75 Å². The van der Waals surface area contributed by atoms with E-state index in [0.717, 1.165) is 16.7 Å². The molecule has 0 radical (unpaired) electrons. The molecule has 0 heterocycles. The molecule has 0 saturated heterocycles. The molecule has 0 aromatic heterocycles. The van der Waals surface area contributed by atoms with Crippen molar-refractivity contribution in [3.05, 3.63) is 65.2 Å². The molecular weight excluding hydrogens is 264 g/mol. The first-order chi connectivity index (χ1) is 10.1. The summed E-state index contributed by atoms with van der Waals surface area (Å²) in [6, 6.07) is 14.6. The van der Waals surface area contributed by atoms with Crippen molar-refractivity contribution in [2.24, 2.45) is 5.73 Å². The van der Waals surface area contributed by atoms with E-state index < -0.39 is 0 Å². The van der Waals surface area contributed by atoms with Crippen LogP contribution in [0.3, 0.4) is 0 Å². The maximum absolute atomic E-state index is 12.2. The minimum Gasteiger partial charge on any atom is -0.508 e. The van der Waals surface area contributed by atoms with E-state index in [2.05, 4.69) is 0 Å². The Morgan fingerprint density at radius 1 is 1.14 bits per heavy atom. The van der Waals surface area contributed by atoms with Gasteiger partial charge in [-0.1, -0.05) is 36.4 Å². The third-order valence-electron chi connectivity index (χ3n) is 3.44. The van der Waals surface area contributed by atoms with Gasteiger partial charge in [-0.25, -0.2) is 0 Å². The van der Waals surface area contributed by atoms with Gasteiger partial charge in [0.25, 0.3) is 0 Å². The van der Waals surface area contributed by atoms with Gasteiger partial charge in [0.05, 0.1) is 6.42 Å². The highest BCUT2D eigenvalue weighted by Crippen LogP contribution is 2.14. The summed E-state index contributed by atoms with van der Waals surface area (Å²) in [5, 5.41) is 9.43. The number of phenols is 1. The van der Waals surface area contributed by atoms with Gasteiger partial charge in [-0.05, 0) is 28.8 Å². The van der Waals surface area contributed by atoms with Crippen molar-refractivity contribution in [1.82, 2.24) is 4.90 Å². The predicted octanol–water partition coefficient (Wildman–Crippen LogP) is 2.05. The summed E-state index contributed by atoms with van der Waals surface area (Å²) >= 11 is 0. The lowest BCUT2D eigenvalue weighted by atomic mass is 10.1. The molecule has 2 aromatic carbocycles. The number of likely N-dealkylation sites (N-methyl/N-ethyl adjacent to an activating group) is 1. The Kier molecular flexibility index (Phi) is 4.95. The number of benzene rings is 2. The second-order valence-electron chi connectivity index (χ2n) is 5.07. The fourth-order valence-corrected chi connectivity index (χ4v) is 2.23. The summed E-state index contributed by atoms with van der Waals surface area (Å²) in [6.45, 7) is 0.996. The third-order valence-corrected chi connectivity index (χ3v) is 3.44. The van der Waals surface area contributed by atoms with E-state index in [0.29, 0.717) is 13.1 Å². The maximum atomic E-state index is 12.2. The summed E-state index contributed by atoms with van der Waals surface area (Å²) in [6.07, 6.45) is 0.274. The van der Waals surface area contributed by atoms with E-state index in [-0.39, 0.29) is 18.1 Å². The molecule has 0 unspecified atom stereocenters. The highest BCUT2D eigenvalue weighted by Gasteiger charge is 2.12. The normalized spacial score (nSPS) is 10.4. The minimum absolute atomic E-state index is 0.00687. The van der Waals surface area contributed by atoms with Gasteiger partial charge in [0.15, 0.2) is 0 Å². The van der Waals surface area contributed by atoms with Gasteiger partial charge in [0.1, 0.15) is 5.75 Å². The predicted molar refractivity (Wildman–Crippen MR) is 82.6 cm³/mol. The fourth-order valence-electron chi connectivity index (χ4n) is 2.23. The SMILES string of the molecule is CN(Cc1ccccc1CN)C(=O)Cc1cccc(O)c1. The zero-order chi connectivity index (χ0) is 15.2. The first-order valence-corrected chi connectivity index (χ1v) is 6.89. The molecule has 0 aliphatic rings. The monoisotopic (exact) mass is 284 g/mol. The third kappa shape index (κ3) is 4.07. The second kappa shape index (κ2) is 6.90. The van der Waals surface area contributed by atoms with E-state index in [4.69, 9.17) is 5.73 Å². The summed E-state index contributed by atoms with van der Waals surface area (Å²) in [7, 11) is 1.78. The molecule has 4 nitrogen and oxygen atoms in total. The number of nitrogens with two attached hydrogens (primary N) is 1. The lowest BCUT2D eigenvalue weighted by Crippen LogP contribution is -2.28. The lowest BCUT2D eigenvalue weighted by Gasteiger charge is -2.19. The van der Waals surface area contributed by atoms with Gasteiger partial charge in [-0.3, -0.25) is 4.79 Å². The molecular formula is C17H20N2O2. The van der Waals surface area contributed by atoms with E-state index in [1.165, 1.54) is 0 Å². The van der Waals surface area contributed by atoms with Crippen LogP contribution in [0.1, 0.15) is 16.7 Å². The molecule has 0 saturated carbocycles. The van der Waals surface area contributed by atoms with Crippen molar-refractivity contribution in [2.45, 2.75) is 19.5 Å². The molecule has 0 aliphatic carbocycles. The van der Waals surface area contributed by atoms with Crippen LogP contribution in [-0.2, 0) is 24.3 Å². The summed E-state index contributed by atoms with van der Waals surface area (Å²) < 4.78 is 0. The number of hydrogen-bond acceptors (Lipinski definition) is 3. The molecule has 21 heavy (non-hydrogen) atoms. The Bertz CT molecular complexity index is 626. The van der Waals surface area contributed by atoms with E-state index in [9.17, 15) is 9.90 Å². The van der Waals surface area contributed by atoms with E-state index in [1.54, 1.807) is 30.1 Å². The number of phenolic OH excluding ortho intramolecular Hbond substituents is 1. The summed E-state index contributed by atoms with van der Waals surface area (Å²) in [4.78, 5) is 13.9. The molecule has 3 N–H and O–H groups in total. The first kappa shape index (κ1) is 15.1. The van der Waals surface area contributed by atoms with E-state index >= 15 is 0 Å². The number of rotatable bonds is 5. The van der Waals surface area contributed by atoms with Crippen molar-refractivity contribution in [3.63, 3.8) is 0 Å². The van der Waals surface area contributed by atoms with Gasteiger partial charge in [-0.2, -0.15) is 0 Å². The van der Waals surface area contributed by atoms with Crippen LogP contribution in [0.25, 0.3) is 0 Å². The summed E-state index contributed by atoms with van der Waals surface area (Å²) in [5.74, 6) is 0.184. The average molecular weight is 284 g/mol. The smallest absolute Gasteiger partial charge is 0.227 e. The Labute approximate surface area is 124 Å². The fraction of sp³-hybridized carbons (Fsp3) is 0.235. The van der Waals surface area contributed by atoms with Crippen molar-refractivity contribution < 1.29 is 9.90 Å². The largest absolute Gasteiger partial charge is 0.508 e. The molecule has 0 bridgehead atoms. The Hall–Kier alpha value is -2.33. The zero-order valence-corrected chi connectivity index (χ0v) is 12.1. The molecule has 110 valence electrons. The Morgan fingerprint density at radius 2 is 1.86 bits per heavy atom. The van der Waals surface area contributed by atoms with Crippen LogP contribution in [-0.4, -0.2) is 23.0 Å². The van der Waals surface area contributed by atoms with Crippen LogP contribution in [0.15, 0.2) is 48.5 Å². The van der Waals surface area contributed by atoms with E-state index in [1.807, 2.05) is 30.3 Å². The average Bonchev–Trinajstić information content (AvgIpc) is 2.47. The summed E-state index contributed by atoms with van der Waals surface area (Å²) in [5.41, 5.74) is 8.63. The quantitative estimate of drug-likeness (QED) is 0.883. The zero-order valence-electron chi connectivity index (χ0n) is 12.1. The van der Waals surface area contributed by atoms with Crippen molar-refractivity contribution in [1.29, 1.82) is 0 Å². The van der Waals surface area contributed by atoms with Crippen LogP contribution >= 0.6 is 0 Å². The van der Waals surface area contributed by atoms with Crippen molar-refractivity contribution in [2.75, 3.05) is 7.05 Å². The molecule has 4 heteroatoms. The molecule has 2 rings (SSSR count). The lowest BCUT2D eigenvalue weighted by molar-refractivity contribution is -0.129. The highest BCUT2D eigenvalue weighted by atomic mass is 16.3. The molecule has 1 amide bonds. The van der Waals surface area contributed by atoms with Gasteiger partial charge >= 0.3 is 0 Å². The maximum Gasteiger partial charge on any atom is 0.227 e. The number of hydrogen-bond donors (Lipinski definition) is 2. The van der Waals surface area contributed by atoms with Crippen molar-refractivity contribution in [3.8, 4) is 5.75 Å². The first-order valence-electron chi connectivity index (χ1n) is 6.89. The van der Waals surface area contributed by atoms with Crippen molar-refractivity contribution >= 4 is 5.91 Å². The minimum atomic E-state index is 0.00687. The molecule has 0 aliphatic heterocycles. The topological polar surface area (TPSA) is 66.6 Å². The van der Waals surface area contributed by atoms with Gasteiger partial charge in [0, 0.05) is 20.1 Å². The second-order valence-corrected chi connectivity index (χ2v) is 5.07. The van der Waals surface area contributed by atoms with Gasteiger partial charge in [-0.15, -0.1) is 0 Å². The van der Waals surface area contributed by atoms with Crippen LogP contribution in [0.4, 0.5) is 0 Å². The van der Waals surface area contributed by atoms with Crippen LogP contribution in [0, 0.1) is 0 Å². The molecule has 0 fully saturated rings. The number of aromatic hydroxyl groups is 1. The highest BCUT2D eigenvalue weighted by molar-refractivity contribution is 5.78. The van der Waals surface area contributed by atoms with Gasteiger partial charge in [0.2, 0.25) is 5.91 Å². The number of amides is 1. The standard InChI is InChI=1S/C17H20N2O2/c1-19(12-15-7-3-2-6-14(15)11-18)17(21)10-13-5-4-8-16(20)9-13/h2-9,20H,10-12,18H2,1H3. The number of carbonyl (C=O) groups is 1. The number of carbonyl (C=O) groups excluding carboxylic acids is 1. The van der Waals surface area contributed by atoms with Crippen LogP contribution < -0.4 is 5.73 Å². The van der Waals surface area contributed by atoms with Crippen LogP contribution in [0.2, 0.25) is 0 Å².